The first-order valence-electron chi connectivity index (χ1n) is 6.19. The molecule has 0 aromatic heterocycles. The number of amides is 2. The van der Waals surface area contributed by atoms with E-state index in [4.69, 9.17) is 4.74 Å². The SMILES string of the molecule is CC.CNC(=O)C(COC(C)=O)NC(=O)OC(C)C. The summed E-state index contributed by atoms with van der Waals surface area (Å²) in [4.78, 5) is 33.3. The molecule has 0 aromatic rings. The van der Waals surface area contributed by atoms with E-state index in [1.807, 2.05) is 13.8 Å². The molecule has 0 fully saturated rings. The predicted molar refractivity (Wildman–Crippen MR) is 70.6 cm³/mol. The largest absolute Gasteiger partial charge is 0.463 e. The van der Waals surface area contributed by atoms with Gasteiger partial charge in [0.25, 0.3) is 0 Å². The molecule has 0 aliphatic rings. The zero-order chi connectivity index (χ0) is 15.4. The Morgan fingerprint density at radius 3 is 2.05 bits per heavy atom. The van der Waals surface area contributed by atoms with Crippen molar-refractivity contribution in [1.29, 1.82) is 0 Å². The fourth-order valence-electron chi connectivity index (χ4n) is 0.948. The number of esters is 1. The van der Waals surface area contributed by atoms with Gasteiger partial charge in [-0.2, -0.15) is 0 Å². The topological polar surface area (TPSA) is 93.7 Å². The molecule has 2 amide bonds. The number of nitrogens with one attached hydrogen (secondary N) is 2. The minimum absolute atomic E-state index is 0.234. The van der Waals surface area contributed by atoms with E-state index in [1.54, 1.807) is 13.8 Å². The van der Waals surface area contributed by atoms with Crippen LogP contribution in [0.4, 0.5) is 4.79 Å². The summed E-state index contributed by atoms with van der Waals surface area (Å²) in [7, 11) is 1.42. The maximum atomic E-state index is 11.4. The van der Waals surface area contributed by atoms with E-state index >= 15 is 0 Å². The molecule has 19 heavy (non-hydrogen) atoms. The first-order chi connectivity index (χ1) is 8.86. The normalized spacial score (nSPS) is 10.7. The maximum absolute atomic E-state index is 11.4. The van der Waals surface area contributed by atoms with Crippen LogP contribution in [0.25, 0.3) is 0 Å². The Morgan fingerprint density at radius 2 is 1.68 bits per heavy atom. The number of hydrogen-bond donors (Lipinski definition) is 2. The number of rotatable bonds is 5. The van der Waals surface area contributed by atoms with Crippen LogP contribution in [0.2, 0.25) is 0 Å². The highest BCUT2D eigenvalue weighted by molar-refractivity contribution is 5.85. The van der Waals surface area contributed by atoms with Crippen molar-refractivity contribution in [2.24, 2.45) is 0 Å². The molecular formula is C12H24N2O5. The molecule has 0 aromatic carbocycles. The van der Waals surface area contributed by atoms with Crippen LogP contribution in [-0.2, 0) is 19.1 Å². The molecule has 0 radical (unpaired) electrons. The quantitative estimate of drug-likeness (QED) is 0.725. The molecule has 0 heterocycles. The van der Waals surface area contributed by atoms with Crippen LogP contribution in [0.1, 0.15) is 34.6 Å². The second kappa shape index (κ2) is 11.3. The van der Waals surface area contributed by atoms with Crippen molar-refractivity contribution in [3.05, 3.63) is 0 Å². The minimum Gasteiger partial charge on any atom is -0.463 e. The maximum Gasteiger partial charge on any atom is 0.408 e. The summed E-state index contributed by atoms with van der Waals surface area (Å²) < 4.78 is 9.47. The number of hydrogen-bond acceptors (Lipinski definition) is 5. The smallest absolute Gasteiger partial charge is 0.408 e. The van der Waals surface area contributed by atoms with Crippen LogP contribution >= 0.6 is 0 Å². The summed E-state index contributed by atoms with van der Waals surface area (Å²) >= 11 is 0. The van der Waals surface area contributed by atoms with Crippen molar-refractivity contribution in [2.75, 3.05) is 13.7 Å². The van der Waals surface area contributed by atoms with Gasteiger partial charge in [-0.3, -0.25) is 9.59 Å². The Kier molecular flexibility index (Phi) is 11.6. The number of likely N-dealkylation sites (N-methyl/N-ethyl adjacent to an activating group) is 1. The van der Waals surface area contributed by atoms with Gasteiger partial charge < -0.3 is 20.1 Å². The number of ether oxygens (including phenoxy) is 2. The molecule has 7 heteroatoms. The van der Waals surface area contributed by atoms with E-state index in [0.717, 1.165) is 0 Å². The number of carbonyl (C=O) groups is 3. The van der Waals surface area contributed by atoms with Gasteiger partial charge in [0.1, 0.15) is 12.6 Å². The van der Waals surface area contributed by atoms with Crippen LogP contribution < -0.4 is 10.6 Å². The third-order valence-corrected chi connectivity index (χ3v) is 1.65. The second-order valence-corrected chi connectivity index (χ2v) is 3.57. The molecule has 0 aliphatic heterocycles. The fraction of sp³-hybridized carbons (Fsp3) is 0.750. The van der Waals surface area contributed by atoms with Gasteiger partial charge in [-0.05, 0) is 13.8 Å². The molecule has 112 valence electrons. The van der Waals surface area contributed by atoms with Crippen molar-refractivity contribution in [2.45, 2.75) is 46.8 Å². The number of alkyl carbamates (subject to hydrolysis) is 1. The lowest BCUT2D eigenvalue weighted by Gasteiger charge is -2.17. The highest BCUT2D eigenvalue weighted by atomic mass is 16.6. The van der Waals surface area contributed by atoms with Crippen LogP contribution in [0, 0.1) is 0 Å². The van der Waals surface area contributed by atoms with Gasteiger partial charge in [0.15, 0.2) is 0 Å². The molecule has 0 aliphatic carbocycles. The van der Waals surface area contributed by atoms with Gasteiger partial charge in [0, 0.05) is 14.0 Å². The van der Waals surface area contributed by atoms with E-state index in [2.05, 4.69) is 15.4 Å². The van der Waals surface area contributed by atoms with Gasteiger partial charge in [0.2, 0.25) is 5.91 Å². The molecule has 0 saturated carbocycles. The number of carbonyl (C=O) groups excluding carboxylic acids is 3. The molecule has 0 spiro atoms. The molecule has 0 rings (SSSR count). The van der Waals surface area contributed by atoms with Gasteiger partial charge in [-0.15, -0.1) is 0 Å². The average Bonchev–Trinajstić information content (AvgIpc) is 2.34. The van der Waals surface area contributed by atoms with Gasteiger partial charge in [-0.25, -0.2) is 4.79 Å². The Labute approximate surface area is 114 Å². The monoisotopic (exact) mass is 276 g/mol. The highest BCUT2D eigenvalue weighted by Gasteiger charge is 2.22. The molecule has 0 bridgehead atoms. The zero-order valence-corrected chi connectivity index (χ0v) is 12.4. The first-order valence-corrected chi connectivity index (χ1v) is 6.19. The van der Waals surface area contributed by atoms with E-state index < -0.39 is 24.0 Å². The lowest BCUT2D eigenvalue weighted by Crippen LogP contribution is -2.49. The third kappa shape index (κ3) is 11.1. The fourth-order valence-corrected chi connectivity index (χ4v) is 0.948. The van der Waals surface area contributed by atoms with E-state index in [1.165, 1.54) is 14.0 Å². The van der Waals surface area contributed by atoms with Gasteiger partial charge >= 0.3 is 12.1 Å². The van der Waals surface area contributed by atoms with Gasteiger partial charge in [-0.1, -0.05) is 13.8 Å². The summed E-state index contributed by atoms with van der Waals surface area (Å²) in [5.74, 6) is -0.995. The summed E-state index contributed by atoms with van der Waals surface area (Å²) in [6, 6.07) is -0.963. The van der Waals surface area contributed by atoms with Crippen LogP contribution in [0.5, 0.6) is 0 Å². The molecule has 1 atom stereocenters. The minimum atomic E-state index is -0.963. The summed E-state index contributed by atoms with van der Waals surface area (Å²) in [6.45, 7) is 8.34. The Balaban J connectivity index is 0. The van der Waals surface area contributed by atoms with E-state index in [0.29, 0.717) is 0 Å². The molecule has 1 unspecified atom stereocenters. The average molecular weight is 276 g/mol. The van der Waals surface area contributed by atoms with Crippen molar-refractivity contribution >= 4 is 18.0 Å². The lowest BCUT2D eigenvalue weighted by atomic mass is 10.3. The second-order valence-electron chi connectivity index (χ2n) is 3.57. The molecule has 2 N–H and O–H groups in total. The third-order valence-electron chi connectivity index (χ3n) is 1.65. The summed E-state index contributed by atoms with van der Waals surface area (Å²) in [5.41, 5.74) is 0. The van der Waals surface area contributed by atoms with Crippen LogP contribution in [0.3, 0.4) is 0 Å². The Bertz CT molecular complexity index is 292. The lowest BCUT2D eigenvalue weighted by molar-refractivity contribution is -0.142. The van der Waals surface area contributed by atoms with Crippen molar-refractivity contribution in [3.63, 3.8) is 0 Å². The zero-order valence-electron chi connectivity index (χ0n) is 12.4. The van der Waals surface area contributed by atoms with Crippen LogP contribution in [0.15, 0.2) is 0 Å². The molecule has 0 saturated heterocycles. The summed E-state index contributed by atoms with van der Waals surface area (Å²) in [6.07, 6.45) is -1.03. The first kappa shape index (κ1) is 19.5. The van der Waals surface area contributed by atoms with Gasteiger partial charge in [0.05, 0.1) is 6.10 Å². The standard InChI is InChI=1S/C10H18N2O5.C2H6/c1-6(2)17-10(15)12-8(9(14)11-4)5-16-7(3)13;1-2/h6,8H,5H2,1-4H3,(H,11,14)(H,12,15);1-2H3. The van der Waals surface area contributed by atoms with Crippen molar-refractivity contribution in [3.8, 4) is 0 Å². The summed E-state index contributed by atoms with van der Waals surface area (Å²) in [5, 5.41) is 4.65. The van der Waals surface area contributed by atoms with Crippen molar-refractivity contribution < 1.29 is 23.9 Å². The predicted octanol–water partition coefficient (Wildman–Crippen LogP) is 0.825. The van der Waals surface area contributed by atoms with Crippen molar-refractivity contribution in [1.82, 2.24) is 10.6 Å². The van der Waals surface area contributed by atoms with Crippen LogP contribution in [-0.4, -0.2) is 43.8 Å². The Hall–Kier alpha value is -1.79. The molecular weight excluding hydrogens is 252 g/mol. The Morgan fingerprint density at radius 1 is 1.16 bits per heavy atom. The van der Waals surface area contributed by atoms with E-state index in [9.17, 15) is 14.4 Å². The highest BCUT2D eigenvalue weighted by Crippen LogP contribution is 1.93. The molecule has 7 nitrogen and oxygen atoms in total. The van der Waals surface area contributed by atoms with E-state index in [-0.39, 0.29) is 12.7 Å².